The molecule has 0 amide bonds. The van der Waals surface area contributed by atoms with Gasteiger partial charge < -0.3 is 5.11 Å². The molecule has 4 atom stereocenters. The maximum Gasteiger partial charge on any atom is 0.0691 e. The number of fused-ring (bicyclic) bond motifs is 5. The molecule has 1 aromatic rings. The smallest absolute Gasteiger partial charge is 0.0691 e. The standard InChI is InChI=1S/C17H19IO/c18-17-10-9-13-12-4-2-1-3-11(12)5-6-14(13)15(17)7-8-16(17)19/h1-4,9,14-16,19H,5-8,10H2/t14?,15?,16?,17-/m1/s1. The van der Waals surface area contributed by atoms with E-state index < -0.39 is 0 Å². The highest BCUT2D eigenvalue weighted by molar-refractivity contribution is 14.1. The Balaban J connectivity index is 1.80. The van der Waals surface area contributed by atoms with Crippen LogP contribution in [0.5, 0.6) is 0 Å². The Bertz CT molecular complexity index is 550. The molecule has 0 spiro atoms. The van der Waals surface area contributed by atoms with Crippen molar-refractivity contribution in [2.45, 2.75) is 41.6 Å². The first-order valence-corrected chi connectivity index (χ1v) is 8.43. The van der Waals surface area contributed by atoms with Crippen LogP contribution in [-0.4, -0.2) is 14.6 Å². The fraction of sp³-hybridized carbons (Fsp3) is 0.529. The number of aliphatic hydroxyl groups excluding tert-OH is 1. The molecule has 0 aliphatic heterocycles. The first kappa shape index (κ1) is 12.4. The Labute approximate surface area is 128 Å². The van der Waals surface area contributed by atoms with Gasteiger partial charge in [-0.3, -0.25) is 0 Å². The number of aryl methyl sites for hydroxylation is 1. The molecule has 3 aliphatic carbocycles. The first-order chi connectivity index (χ1) is 9.20. The zero-order chi connectivity index (χ0) is 13.0. The first-order valence-electron chi connectivity index (χ1n) is 7.35. The Kier molecular flexibility index (Phi) is 2.82. The summed E-state index contributed by atoms with van der Waals surface area (Å²) in [5.74, 6) is 1.36. The lowest BCUT2D eigenvalue weighted by Gasteiger charge is -2.44. The van der Waals surface area contributed by atoms with Crippen molar-refractivity contribution in [2.24, 2.45) is 11.8 Å². The van der Waals surface area contributed by atoms with Gasteiger partial charge in [-0.05, 0) is 60.6 Å². The largest absolute Gasteiger partial charge is 0.392 e. The van der Waals surface area contributed by atoms with Gasteiger partial charge in [0.1, 0.15) is 0 Å². The fourth-order valence-corrected chi connectivity index (χ4v) is 5.80. The summed E-state index contributed by atoms with van der Waals surface area (Å²) in [4.78, 5) is 0. The molecule has 1 saturated carbocycles. The van der Waals surface area contributed by atoms with Gasteiger partial charge in [0.2, 0.25) is 0 Å². The van der Waals surface area contributed by atoms with Crippen molar-refractivity contribution in [3.63, 3.8) is 0 Å². The molecule has 0 heterocycles. The summed E-state index contributed by atoms with van der Waals surface area (Å²) in [6, 6.07) is 8.89. The number of hydrogen-bond donors (Lipinski definition) is 1. The van der Waals surface area contributed by atoms with Crippen LogP contribution in [0.3, 0.4) is 0 Å². The number of hydrogen-bond acceptors (Lipinski definition) is 1. The van der Waals surface area contributed by atoms with Gasteiger partial charge >= 0.3 is 0 Å². The molecule has 2 heteroatoms. The molecule has 0 radical (unpaired) electrons. The number of aliphatic hydroxyl groups is 1. The average molecular weight is 366 g/mol. The van der Waals surface area contributed by atoms with Crippen LogP contribution in [0.4, 0.5) is 0 Å². The minimum Gasteiger partial charge on any atom is -0.392 e. The van der Waals surface area contributed by atoms with Crippen molar-refractivity contribution in [1.82, 2.24) is 0 Å². The zero-order valence-electron chi connectivity index (χ0n) is 11.0. The Morgan fingerprint density at radius 3 is 2.89 bits per heavy atom. The molecule has 4 rings (SSSR count). The molecule has 100 valence electrons. The van der Waals surface area contributed by atoms with Crippen molar-refractivity contribution >= 4 is 28.2 Å². The van der Waals surface area contributed by atoms with Crippen molar-refractivity contribution in [3.8, 4) is 0 Å². The van der Waals surface area contributed by atoms with Crippen molar-refractivity contribution in [3.05, 3.63) is 41.5 Å². The highest BCUT2D eigenvalue weighted by Gasteiger charge is 2.53. The van der Waals surface area contributed by atoms with Crippen LogP contribution in [0.1, 0.15) is 36.8 Å². The minimum atomic E-state index is -0.104. The summed E-state index contributed by atoms with van der Waals surface area (Å²) in [7, 11) is 0. The summed E-state index contributed by atoms with van der Waals surface area (Å²) in [6.45, 7) is 0. The number of alkyl halides is 1. The number of benzene rings is 1. The van der Waals surface area contributed by atoms with Crippen LogP contribution >= 0.6 is 22.6 Å². The predicted octanol–water partition coefficient (Wildman–Crippen LogP) is 3.98. The van der Waals surface area contributed by atoms with Crippen LogP contribution in [0.2, 0.25) is 0 Å². The average Bonchev–Trinajstić information content (AvgIpc) is 2.75. The van der Waals surface area contributed by atoms with Crippen LogP contribution in [-0.2, 0) is 6.42 Å². The molecule has 1 fully saturated rings. The summed E-state index contributed by atoms with van der Waals surface area (Å²) >= 11 is 2.56. The molecule has 1 N–H and O–H groups in total. The van der Waals surface area contributed by atoms with Crippen LogP contribution in [0.15, 0.2) is 30.3 Å². The molecule has 0 saturated heterocycles. The number of halogens is 1. The van der Waals surface area contributed by atoms with Gasteiger partial charge in [0, 0.05) is 0 Å². The van der Waals surface area contributed by atoms with Gasteiger partial charge in [-0.15, -0.1) is 0 Å². The lowest BCUT2D eigenvalue weighted by Crippen LogP contribution is -2.43. The van der Waals surface area contributed by atoms with E-state index in [9.17, 15) is 5.11 Å². The van der Waals surface area contributed by atoms with E-state index in [-0.39, 0.29) is 9.53 Å². The van der Waals surface area contributed by atoms with Crippen LogP contribution in [0, 0.1) is 11.8 Å². The third-order valence-corrected chi connectivity index (χ3v) is 7.45. The second-order valence-electron chi connectivity index (χ2n) is 6.29. The molecule has 0 bridgehead atoms. The summed E-state index contributed by atoms with van der Waals surface area (Å²) in [5.41, 5.74) is 4.58. The number of allylic oxidation sites excluding steroid dienone is 2. The Morgan fingerprint density at radius 2 is 2.00 bits per heavy atom. The van der Waals surface area contributed by atoms with Gasteiger partial charge in [-0.25, -0.2) is 0 Å². The minimum absolute atomic E-state index is 0.104. The maximum atomic E-state index is 10.3. The topological polar surface area (TPSA) is 20.2 Å². The summed E-state index contributed by atoms with van der Waals surface area (Å²) < 4.78 is 0.109. The molecular weight excluding hydrogens is 347 g/mol. The van der Waals surface area contributed by atoms with E-state index in [1.807, 2.05) is 0 Å². The molecule has 1 aromatic carbocycles. The molecule has 3 aliphatic rings. The van der Waals surface area contributed by atoms with Gasteiger partial charge in [0.15, 0.2) is 0 Å². The van der Waals surface area contributed by atoms with E-state index in [4.69, 9.17) is 0 Å². The highest BCUT2D eigenvalue weighted by Crippen LogP contribution is 2.57. The lowest BCUT2D eigenvalue weighted by atomic mass is 9.66. The van der Waals surface area contributed by atoms with E-state index in [0.29, 0.717) is 11.8 Å². The second kappa shape index (κ2) is 4.32. The maximum absolute atomic E-state index is 10.3. The highest BCUT2D eigenvalue weighted by atomic mass is 127. The number of rotatable bonds is 0. The SMILES string of the molecule is OC1CCC2C3CCc4ccccc4C3=CC[C@]12I. The summed E-state index contributed by atoms with van der Waals surface area (Å²) in [5, 5.41) is 10.3. The Hall–Kier alpha value is -0.350. The van der Waals surface area contributed by atoms with Gasteiger partial charge in [-0.2, -0.15) is 0 Å². The third-order valence-electron chi connectivity index (χ3n) is 5.49. The van der Waals surface area contributed by atoms with Crippen LogP contribution in [0.25, 0.3) is 5.57 Å². The third kappa shape index (κ3) is 1.69. The van der Waals surface area contributed by atoms with E-state index in [0.717, 1.165) is 12.8 Å². The fourth-order valence-electron chi connectivity index (χ4n) is 4.52. The van der Waals surface area contributed by atoms with Gasteiger partial charge in [0.05, 0.1) is 9.53 Å². The monoisotopic (exact) mass is 366 g/mol. The van der Waals surface area contributed by atoms with Gasteiger partial charge in [0.25, 0.3) is 0 Å². The molecule has 19 heavy (non-hydrogen) atoms. The van der Waals surface area contributed by atoms with E-state index in [2.05, 4.69) is 52.9 Å². The van der Waals surface area contributed by atoms with Crippen molar-refractivity contribution < 1.29 is 5.11 Å². The molecule has 0 aromatic heterocycles. The van der Waals surface area contributed by atoms with E-state index in [1.54, 1.807) is 5.57 Å². The van der Waals surface area contributed by atoms with Crippen molar-refractivity contribution in [1.29, 1.82) is 0 Å². The van der Waals surface area contributed by atoms with Gasteiger partial charge in [-0.1, -0.05) is 52.9 Å². The quantitative estimate of drug-likeness (QED) is 0.544. The molecule has 3 unspecified atom stereocenters. The molecule has 1 nitrogen and oxygen atoms in total. The zero-order valence-corrected chi connectivity index (χ0v) is 13.1. The second-order valence-corrected chi connectivity index (χ2v) is 8.30. The predicted molar refractivity (Wildman–Crippen MR) is 86.3 cm³/mol. The van der Waals surface area contributed by atoms with E-state index in [1.165, 1.54) is 30.4 Å². The van der Waals surface area contributed by atoms with Crippen LogP contribution < -0.4 is 0 Å². The Morgan fingerprint density at radius 1 is 1.16 bits per heavy atom. The van der Waals surface area contributed by atoms with Crippen molar-refractivity contribution in [2.75, 3.05) is 0 Å². The lowest BCUT2D eigenvalue weighted by molar-refractivity contribution is 0.137. The molecular formula is C17H19IO. The summed E-state index contributed by atoms with van der Waals surface area (Å²) in [6.07, 6.45) is 8.04. The normalized spacial score (nSPS) is 40.1. The van der Waals surface area contributed by atoms with E-state index >= 15 is 0 Å².